The zero-order valence-corrected chi connectivity index (χ0v) is 9.70. The Morgan fingerprint density at radius 2 is 1.67 bits per heavy atom. The van der Waals surface area contributed by atoms with Crippen molar-refractivity contribution in [1.29, 1.82) is 0 Å². The van der Waals surface area contributed by atoms with Gasteiger partial charge in [-0.15, -0.1) is 0 Å². The molecule has 0 aromatic heterocycles. The predicted molar refractivity (Wildman–Crippen MR) is 65.5 cm³/mol. The molecule has 92 valence electrons. The fourth-order valence-electron chi connectivity index (χ4n) is 1.76. The topological polar surface area (TPSA) is 17.1 Å². The van der Waals surface area contributed by atoms with Crippen LogP contribution in [0.25, 0.3) is 0 Å². The summed E-state index contributed by atoms with van der Waals surface area (Å²) in [6, 6.07) is 12.8. The Kier molecular flexibility index (Phi) is 3.82. The van der Waals surface area contributed by atoms with Crippen LogP contribution in [0.5, 0.6) is 0 Å². The average molecular weight is 246 g/mol. The van der Waals surface area contributed by atoms with Gasteiger partial charge in [0.05, 0.1) is 0 Å². The second-order valence-electron chi connectivity index (χ2n) is 4.00. The maximum Gasteiger partial charge on any atom is 0.163 e. The Hall–Kier alpha value is -2.03. The molecule has 3 heteroatoms. The summed E-state index contributed by atoms with van der Waals surface area (Å²) in [4.78, 5) is 11.8. The van der Waals surface area contributed by atoms with Crippen LogP contribution in [0.1, 0.15) is 22.3 Å². The molecule has 0 aliphatic rings. The van der Waals surface area contributed by atoms with Crippen molar-refractivity contribution in [2.45, 2.75) is 12.8 Å². The zero-order chi connectivity index (χ0) is 13.0. The van der Waals surface area contributed by atoms with E-state index in [1.54, 1.807) is 24.3 Å². The normalized spacial score (nSPS) is 10.3. The van der Waals surface area contributed by atoms with Gasteiger partial charge in [-0.1, -0.05) is 42.5 Å². The largest absolute Gasteiger partial charge is 0.294 e. The smallest absolute Gasteiger partial charge is 0.163 e. The Morgan fingerprint density at radius 1 is 0.944 bits per heavy atom. The highest BCUT2D eigenvalue weighted by atomic mass is 19.2. The summed E-state index contributed by atoms with van der Waals surface area (Å²) in [6.07, 6.45) is 0.377. The molecule has 0 radical (unpaired) electrons. The molecule has 18 heavy (non-hydrogen) atoms. The van der Waals surface area contributed by atoms with Crippen LogP contribution in [-0.4, -0.2) is 5.78 Å². The van der Waals surface area contributed by atoms with E-state index in [0.29, 0.717) is 5.56 Å². The lowest BCUT2D eigenvalue weighted by atomic mass is 10.0. The molecule has 2 rings (SSSR count). The SMILES string of the molecule is O=C(CCc1cccc(F)c1F)c1ccccc1. The van der Waals surface area contributed by atoms with Gasteiger partial charge in [-0.2, -0.15) is 0 Å². The second-order valence-corrected chi connectivity index (χ2v) is 4.00. The standard InChI is InChI=1S/C15H12F2O/c16-13-8-4-7-12(15(13)17)9-10-14(18)11-5-2-1-3-6-11/h1-8H,9-10H2. The van der Waals surface area contributed by atoms with Crippen molar-refractivity contribution in [1.82, 2.24) is 0 Å². The van der Waals surface area contributed by atoms with E-state index in [4.69, 9.17) is 0 Å². The first-order chi connectivity index (χ1) is 8.68. The summed E-state index contributed by atoms with van der Waals surface area (Å²) in [5, 5.41) is 0. The van der Waals surface area contributed by atoms with Gasteiger partial charge >= 0.3 is 0 Å². The third-order valence-electron chi connectivity index (χ3n) is 2.75. The van der Waals surface area contributed by atoms with Crippen molar-refractivity contribution in [3.8, 4) is 0 Å². The number of Topliss-reactive ketones (excluding diaryl/α,β-unsaturated/α-hetero) is 1. The van der Waals surface area contributed by atoms with Gasteiger partial charge in [0, 0.05) is 12.0 Å². The molecule has 2 aromatic rings. The molecule has 0 saturated heterocycles. The van der Waals surface area contributed by atoms with E-state index >= 15 is 0 Å². The van der Waals surface area contributed by atoms with Crippen molar-refractivity contribution in [3.05, 3.63) is 71.3 Å². The zero-order valence-electron chi connectivity index (χ0n) is 9.70. The van der Waals surface area contributed by atoms with Gasteiger partial charge in [0.1, 0.15) is 0 Å². The van der Waals surface area contributed by atoms with Crippen LogP contribution >= 0.6 is 0 Å². The van der Waals surface area contributed by atoms with E-state index in [2.05, 4.69) is 0 Å². The molecule has 0 saturated carbocycles. The molecule has 0 bridgehead atoms. The van der Waals surface area contributed by atoms with Crippen molar-refractivity contribution in [3.63, 3.8) is 0 Å². The number of benzene rings is 2. The Bertz CT molecular complexity index is 550. The van der Waals surface area contributed by atoms with E-state index in [9.17, 15) is 13.6 Å². The first kappa shape index (κ1) is 12.4. The second kappa shape index (κ2) is 5.54. The Labute approximate surface area is 104 Å². The molecule has 2 aromatic carbocycles. The van der Waals surface area contributed by atoms with Gasteiger partial charge in [0.2, 0.25) is 0 Å². The minimum absolute atomic E-state index is 0.0701. The Morgan fingerprint density at radius 3 is 2.39 bits per heavy atom. The number of hydrogen-bond acceptors (Lipinski definition) is 1. The number of halogens is 2. The quantitative estimate of drug-likeness (QED) is 0.750. The van der Waals surface area contributed by atoms with Crippen molar-refractivity contribution < 1.29 is 13.6 Å². The lowest BCUT2D eigenvalue weighted by Gasteiger charge is -2.03. The summed E-state index contributed by atoms with van der Waals surface area (Å²) in [6.45, 7) is 0. The molecule has 0 aliphatic heterocycles. The number of carbonyl (C=O) groups excluding carboxylic acids is 1. The fraction of sp³-hybridized carbons (Fsp3) is 0.133. The van der Waals surface area contributed by atoms with Gasteiger partial charge in [-0.05, 0) is 18.1 Å². The van der Waals surface area contributed by atoms with Crippen LogP contribution in [-0.2, 0) is 6.42 Å². The number of carbonyl (C=O) groups is 1. The van der Waals surface area contributed by atoms with Crippen LogP contribution in [0.3, 0.4) is 0 Å². The van der Waals surface area contributed by atoms with Crippen molar-refractivity contribution >= 4 is 5.78 Å². The van der Waals surface area contributed by atoms with Gasteiger partial charge < -0.3 is 0 Å². The maximum atomic E-state index is 13.4. The number of ketones is 1. The third kappa shape index (κ3) is 2.80. The molecule has 0 unspecified atom stereocenters. The van der Waals surface area contributed by atoms with E-state index in [1.165, 1.54) is 12.1 Å². The first-order valence-corrected chi connectivity index (χ1v) is 5.69. The van der Waals surface area contributed by atoms with Crippen LogP contribution < -0.4 is 0 Å². The van der Waals surface area contributed by atoms with E-state index < -0.39 is 11.6 Å². The molecular weight excluding hydrogens is 234 g/mol. The molecule has 0 amide bonds. The van der Waals surface area contributed by atoms with E-state index in [-0.39, 0.29) is 24.2 Å². The van der Waals surface area contributed by atoms with Crippen LogP contribution in [0.2, 0.25) is 0 Å². The highest BCUT2D eigenvalue weighted by Gasteiger charge is 2.10. The molecule has 0 heterocycles. The highest BCUT2D eigenvalue weighted by Crippen LogP contribution is 2.14. The van der Waals surface area contributed by atoms with Gasteiger partial charge in [-0.25, -0.2) is 8.78 Å². The summed E-state index contributed by atoms with van der Waals surface area (Å²) in [7, 11) is 0. The summed E-state index contributed by atoms with van der Waals surface area (Å²) >= 11 is 0. The molecule has 1 nitrogen and oxygen atoms in total. The van der Waals surface area contributed by atoms with Crippen molar-refractivity contribution in [2.24, 2.45) is 0 Å². The number of hydrogen-bond donors (Lipinski definition) is 0. The molecule has 0 aliphatic carbocycles. The van der Waals surface area contributed by atoms with Gasteiger partial charge in [-0.3, -0.25) is 4.79 Å². The van der Waals surface area contributed by atoms with E-state index in [0.717, 1.165) is 6.07 Å². The van der Waals surface area contributed by atoms with Gasteiger partial charge in [0.15, 0.2) is 17.4 Å². The van der Waals surface area contributed by atoms with Gasteiger partial charge in [0.25, 0.3) is 0 Å². The lowest BCUT2D eigenvalue weighted by molar-refractivity contribution is 0.0982. The predicted octanol–water partition coefficient (Wildman–Crippen LogP) is 3.78. The highest BCUT2D eigenvalue weighted by molar-refractivity contribution is 5.96. The minimum Gasteiger partial charge on any atom is -0.294 e. The lowest BCUT2D eigenvalue weighted by Crippen LogP contribution is -2.02. The summed E-state index contributed by atoms with van der Waals surface area (Å²) < 4.78 is 26.3. The number of aryl methyl sites for hydroxylation is 1. The molecule has 0 spiro atoms. The molecule has 0 atom stereocenters. The minimum atomic E-state index is -0.875. The maximum absolute atomic E-state index is 13.4. The molecule has 0 N–H and O–H groups in total. The van der Waals surface area contributed by atoms with Crippen LogP contribution in [0.15, 0.2) is 48.5 Å². The monoisotopic (exact) mass is 246 g/mol. The average Bonchev–Trinajstić information content (AvgIpc) is 2.41. The fourth-order valence-corrected chi connectivity index (χ4v) is 1.76. The van der Waals surface area contributed by atoms with Crippen molar-refractivity contribution in [2.75, 3.05) is 0 Å². The summed E-state index contributed by atoms with van der Waals surface area (Å²) in [5.74, 6) is -1.81. The van der Waals surface area contributed by atoms with E-state index in [1.807, 2.05) is 6.07 Å². The third-order valence-corrected chi connectivity index (χ3v) is 2.75. The Balaban J connectivity index is 2.04. The summed E-state index contributed by atoms with van der Waals surface area (Å²) in [5.41, 5.74) is 0.827. The van der Waals surface area contributed by atoms with Crippen LogP contribution in [0.4, 0.5) is 8.78 Å². The molecule has 0 fully saturated rings. The molecular formula is C15H12F2O. The first-order valence-electron chi connectivity index (χ1n) is 5.69. The number of rotatable bonds is 4. The van der Waals surface area contributed by atoms with Crippen LogP contribution in [0, 0.1) is 11.6 Å².